The molecule has 27 heavy (non-hydrogen) atoms. The van der Waals surface area contributed by atoms with Gasteiger partial charge in [0, 0.05) is 36.9 Å². The maximum absolute atomic E-state index is 5.80. The van der Waals surface area contributed by atoms with Crippen LogP contribution >= 0.6 is 0 Å². The molecule has 0 unspecified atom stereocenters. The Balaban J connectivity index is 1.46. The van der Waals surface area contributed by atoms with E-state index in [4.69, 9.17) is 4.74 Å². The van der Waals surface area contributed by atoms with Gasteiger partial charge in [0.05, 0.1) is 12.2 Å². The maximum atomic E-state index is 5.80. The predicted molar refractivity (Wildman–Crippen MR) is 95.4 cm³/mol. The quantitative estimate of drug-likeness (QED) is 0.531. The van der Waals surface area contributed by atoms with Gasteiger partial charge in [-0.15, -0.1) is 0 Å². The fourth-order valence-electron chi connectivity index (χ4n) is 3.35. The van der Waals surface area contributed by atoms with Crippen LogP contribution < -0.4 is 9.64 Å². The number of aromatic nitrogens is 8. The Labute approximate surface area is 154 Å². The summed E-state index contributed by atoms with van der Waals surface area (Å²) < 4.78 is 9.56. The summed E-state index contributed by atoms with van der Waals surface area (Å²) in [6, 6.07) is 6.17. The first-order valence-corrected chi connectivity index (χ1v) is 8.62. The lowest BCUT2D eigenvalue weighted by atomic mass is 10.2. The van der Waals surface area contributed by atoms with Crippen molar-refractivity contribution in [2.24, 2.45) is 0 Å². The lowest BCUT2D eigenvalue weighted by Gasteiger charge is -2.34. The lowest BCUT2D eigenvalue weighted by Crippen LogP contribution is -2.41. The van der Waals surface area contributed by atoms with E-state index in [1.165, 1.54) is 6.33 Å². The summed E-state index contributed by atoms with van der Waals surface area (Å²) in [6.07, 6.45) is 6.66. The van der Waals surface area contributed by atoms with Gasteiger partial charge < -0.3 is 9.64 Å². The number of hydrogen-bond acceptors (Lipinski definition) is 8. The molecular formula is C17H17N9O. The number of rotatable bonds is 4. The van der Waals surface area contributed by atoms with Gasteiger partial charge in [-0.2, -0.15) is 19.7 Å². The summed E-state index contributed by atoms with van der Waals surface area (Å²) >= 11 is 0. The highest BCUT2D eigenvalue weighted by molar-refractivity contribution is 5.48. The van der Waals surface area contributed by atoms with Crippen LogP contribution in [0.25, 0.3) is 5.78 Å². The van der Waals surface area contributed by atoms with E-state index in [1.54, 1.807) is 23.0 Å². The molecule has 0 radical (unpaired) electrons. The fourth-order valence-corrected chi connectivity index (χ4v) is 3.35. The Morgan fingerprint density at radius 2 is 2.04 bits per heavy atom. The summed E-state index contributed by atoms with van der Waals surface area (Å²) in [5.41, 5.74) is 2.00. The molecule has 0 aromatic carbocycles. The minimum absolute atomic E-state index is 0.0135. The molecule has 0 amide bonds. The van der Waals surface area contributed by atoms with E-state index in [9.17, 15) is 0 Å². The molecule has 0 saturated carbocycles. The van der Waals surface area contributed by atoms with Gasteiger partial charge in [-0.25, -0.2) is 15.0 Å². The zero-order chi connectivity index (χ0) is 18.2. The molecule has 0 fully saturated rings. The van der Waals surface area contributed by atoms with E-state index in [0.29, 0.717) is 24.9 Å². The largest absolute Gasteiger partial charge is 0.461 e. The van der Waals surface area contributed by atoms with Crippen molar-refractivity contribution in [2.45, 2.75) is 19.5 Å². The molecule has 4 aromatic heterocycles. The van der Waals surface area contributed by atoms with E-state index in [0.717, 1.165) is 23.8 Å². The molecule has 10 heteroatoms. The maximum Gasteiger partial charge on any atom is 0.316 e. The minimum Gasteiger partial charge on any atom is -0.461 e. The van der Waals surface area contributed by atoms with Gasteiger partial charge in [-0.1, -0.05) is 0 Å². The van der Waals surface area contributed by atoms with Crippen molar-refractivity contribution in [3.63, 3.8) is 0 Å². The SMILES string of the molecule is Cc1cc(N2Cc3ccnn3[C@H](COc3ncccn3)C2)n2ncnc2n1. The van der Waals surface area contributed by atoms with Gasteiger partial charge >= 0.3 is 6.01 Å². The molecule has 5 rings (SSSR count). The van der Waals surface area contributed by atoms with E-state index < -0.39 is 0 Å². The summed E-state index contributed by atoms with van der Waals surface area (Å²) in [6.45, 7) is 3.80. The molecule has 4 aromatic rings. The van der Waals surface area contributed by atoms with Crippen LogP contribution in [0.1, 0.15) is 17.4 Å². The number of aryl methyl sites for hydroxylation is 1. The highest BCUT2D eigenvalue weighted by Gasteiger charge is 2.28. The zero-order valence-corrected chi connectivity index (χ0v) is 14.7. The van der Waals surface area contributed by atoms with Crippen molar-refractivity contribution in [1.29, 1.82) is 0 Å². The lowest BCUT2D eigenvalue weighted by molar-refractivity contribution is 0.214. The molecule has 5 heterocycles. The number of hydrogen-bond donors (Lipinski definition) is 0. The van der Waals surface area contributed by atoms with Crippen LogP contribution in [0.4, 0.5) is 5.82 Å². The van der Waals surface area contributed by atoms with Gasteiger partial charge in [-0.3, -0.25) is 4.68 Å². The molecule has 0 N–H and O–H groups in total. The Morgan fingerprint density at radius 3 is 2.93 bits per heavy atom. The standard InChI is InChI=1S/C17H17N9O/c1-12-7-15(26-16(23-12)20-11-22-26)24-8-13-3-6-21-25(13)14(9-24)10-27-17-18-4-2-5-19-17/h2-7,11,14H,8-10H2,1H3/t14-/m0/s1. The smallest absolute Gasteiger partial charge is 0.316 e. The van der Waals surface area contributed by atoms with Crippen molar-refractivity contribution >= 4 is 11.6 Å². The van der Waals surface area contributed by atoms with Crippen LogP contribution in [-0.4, -0.2) is 52.5 Å². The molecule has 0 saturated heterocycles. The third-order valence-corrected chi connectivity index (χ3v) is 4.51. The monoisotopic (exact) mass is 363 g/mol. The summed E-state index contributed by atoms with van der Waals surface area (Å²) in [5.74, 6) is 1.54. The highest BCUT2D eigenvalue weighted by atomic mass is 16.5. The van der Waals surface area contributed by atoms with E-state index >= 15 is 0 Å². The van der Waals surface area contributed by atoms with Crippen molar-refractivity contribution in [1.82, 2.24) is 39.3 Å². The first-order valence-electron chi connectivity index (χ1n) is 8.62. The number of nitrogens with zero attached hydrogens (tertiary/aromatic N) is 9. The molecular weight excluding hydrogens is 346 g/mol. The normalized spacial score (nSPS) is 16.5. The first kappa shape index (κ1) is 15.7. The molecule has 0 bridgehead atoms. The average molecular weight is 363 g/mol. The molecule has 1 atom stereocenters. The second kappa shape index (κ2) is 6.31. The van der Waals surface area contributed by atoms with E-state index in [-0.39, 0.29) is 6.04 Å². The van der Waals surface area contributed by atoms with Crippen LogP contribution in [0.5, 0.6) is 6.01 Å². The van der Waals surface area contributed by atoms with Crippen LogP contribution in [-0.2, 0) is 6.54 Å². The second-order valence-electron chi connectivity index (χ2n) is 6.37. The third-order valence-electron chi connectivity index (χ3n) is 4.51. The minimum atomic E-state index is 0.0135. The molecule has 136 valence electrons. The van der Waals surface area contributed by atoms with E-state index in [2.05, 4.69) is 35.0 Å². The number of anilines is 1. The molecule has 0 spiro atoms. The predicted octanol–water partition coefficient (Wildman–Crippen LogP) is 1.06. The summed E-state index contributed by atoms with van der Waals surface area (Å²) in [4.78, 5) is 19.1. The first-order chi connectivity index (χ1) is 13.3. The number of ether oxygens (including phenoxy) is 1. The van der Waals surface area contributed by atoms with Crippen molar-refractivity contribution < 1.29 is 4.74 Å². The average Bonchev–Trinajstić information content (AvgIpc) is 3.35. The van der Waals surface area contributed by atoms with Crippen LogP contribution in [0.3, 0.4) is 0 Å². The van der Waals surface area contributed by atoms with Crippen LogP contribution in [0.2, 0.25) is 0 Å². The van der Waals surface area contributed by atoms with Crippen molar-refractivity contribution in [3.8, 4) is 6.01 Å². The summed E-state index contributed by atoms with van der Waals surface area (Å²) in [7, 11) is 0. The number of fused-ring (bicyclic) bond motifs is 2. The van der Waals surface area contributed by atoms with Gasteiger partial charge in [0.15, 0.2) is 0 Å². The molecule has 10 nitrogen and oxygen atoms in total. The van der Waals surface area contributed by atoms with Crippen LogP contribution in [0, 0.1) is 6.92 Å². The Kier molecular flexibility index (Phi) is 3.66. The van der Waals surface area contributed by atoms with Gasteiger partial charge in [0.1, 0.15) is 24.8 Å². The van der Waals surface area contributed by atoms with Gasteiger partial charge in [0.25, 0.3) is 5.78 Å². The van der Waals surface area contributed by atoms with E-state index in [1.807, 2.05) is 29.9 Å². The zero-order valence-electron chi connectivity index (χ0n) is 14.7. The van der Waals surface area contributed by atoms with Gasteiger partial charge in [-0.05, 0) is 19.1 Å². The Hall–Kier alpha value is -3.56. The van der Waals surface area contributed by atoms with Crippen molar-refractivity contribution in [3.05, 3.63) is 54.5 Å². The Morgan fingerprint density at radius 1 is 1.15 bits per heavy atom. The highest BCUT2D eigenvalue weighted by Crippen LogP contribution is 2.26. The molecule has 0 aliphatic carbocycles. The topological polar surface area (TPSA) is 99.2 Å². The Bertz CT molecular complexity index is 1070. The van der Waals surface area contributed by atoms with Crippen LogP contribution in [0.15, 0.2) is 43.1 Å². The second-order valence-corrected chi connectivity index (χ2v) is 6.37. The third kappa shape index (κ3) is 2.84. The summed E-state index contributed by atoms with van der Waals surface area (Å²) in [5, 5.41) is 8.80. The van der Waals surface area contributed by atoms with Gasteiger partial charge in [0.2, 0.25) is 0 Å². The van der Waals surface area contributed by atoms with Crippen molar-refractivity contribution in [2.75, 3.05) is 18.1 Å². The molecule has 1 aliphatic rings. The molecule has 1 aliphatic heterocycles. The fraction of sp³-hybridized carbons (Fsp3) is 0.294.